The lowest BCUT2D eigenvalue weighted by molar-refractivity contribution is 0.0588. The van der Waals surface area contributed by atoms with Crippen LogP contribution in [0.2, 0.25) is 0 Å². The Morgan fingerprint density at radius 2 is 2.09 bits per heavy atom. The smallest absolute Gasteiger partial charge is 0.356 e. The number of rotatable bonds is 4. The fourth-order valence-electron chi connectivity index (χ4n) is 2.67. The Morgan fingerprint density at radius 1 is 1.30 bits per heavy atom. The second-order valence-corrected chi connectivity index (χ2v) is 6.05. The number of hydrogen-bond donors (Lipinski definition) is 0. The molecule has 0 saturated heterocycles. The van der Waals surface area contributed by atoms with Crippen molar-refractivity contribution >= 4 is 16.9 Å². The van der Waals surface area contributed by atoms with Crippen molar-refractivity contribution in [3.63, 3.8) is 0 Å². The molecule has 0 aliphatic carbocycles. The van der Waals surface area contributed by atoms with E-state index >= 15 is 0 Å². The number of aromatic nitrogens is 4. The third-order valence-electron chi connectivity index (χ3n) is 3.69. The van der Waals surface area contributed by atoms with Crippen LogP contribution < -0.4 is 0 Å². The quantitative estimate of drug-likeness (QED) is 0.695. The van der Waals surface area contributed by atoms with Crippen LogP contribution in [0.4, 0.5) is 0 Å². The summed E-state index contributed by atoms with van der Waals surface area (Å²) in [5.74, 6) is 0.0211. The van der Waals surface area contributed by atoms with Crippen LogP contribution in [0.3, 0.4) is 0 Å². The SMILES string of the molecule is COC(=O)c1c2ccc(-c3cnn(C)c3)cc2nn1CC(C)C. The lowest BCUT2D eigenvalue weighted by atomic mass is 10.1. The molecule has 0 radical (unpaired) electrons. The Balaban J connectivity index is 2.14. The molecule has 3 rings (SSSR count). The Kier molecular flexibility index (Phi) is 3.90. The lowest BCUT2D eigenvalue weighted by Gasteiger charge is -2.08. The summed E-state index contributed by atoms with van der Waals surface area (Å²) in [6, 6.07) is 5.89. The highest BCUT2D eigenvalue weighted by molar-refractivity contribution is 6.03. The van der Waals surface area contributed by atoms with Crippen molar-refractivity contribution in [2.75, 3.05) is 7.11 Å². The molecule has 0 aliphatic rings. The molecule has 0 unspecified atom stereocenters. The largest absolute Gasteiger partial charge is 0.464 e. The first kappa shape index (κ1) is 15.3. The van der Waals surface area contributed by atoms with Gasteiger partial charge in [-0.3, -0.25) is 9.36 Å². The van der Waals surface area contributed by atoms with Crippen molar-refractivity contribution in [2.45, 2.75) is 20.4 Å². The van der Waals surface area contributed by atoms with Crippen LogP contribution in [-0.4, -0.2) is 32.6 Å². The molecule has 0 N–H and O–H groups in total. The van der Waals surface area contributed by atoms with Crippen LogP contribution in [0.5, 0.6) is 0 Å². The zero-order valence-electron chi connectivity index (χ0n) is 13.8. The molecular weight excluding hydrogens is 292 g/mol. The first-order valence-corrected chi connectivity index (χ1v) is 7.57. The topological polar surface area (TPSA) is 61.9 Å². The number of fused-ring (bicyclic) bond motifs is 1. The molecular formula is C17H20N4O2. The molecule has 2 aromatic heterocycles. The van der Waals surface area contributed by atoms with Gasteiger partial charge in [-0.2, -0.15) is 10.2 Å². The van der Waals surface area contributed by atoms with Gasteiger partial charge in [-0.25, -0.2) is 4.79 Å². The predicted octanol–water partition coefficient (Wildman–Crippen LogP) is 2.88. The molecule has 6 heteroatoms. The fourth-order valence-corrected chi connectivity index (χ4v) is 2.67. The van der Waals surface area contributed by atoms with Gasteiger partial charge in [0.05, 0.1) is 18.8 Å². The van der Waals surface area contributed by atoms with Crippen molar-refractivity contribution in [1.29, 1.82) is 0 Å². The minimum atomic E-state index is -0.359. The van der Waals surface area contributed by atoms with Crippen molar-refractivity contribution in [1.82, 2.24) is 19.6 Å². The van der Waals surface area contributed by atoms with Crippen LogP contribution in [0.15, 0.2) is 30.6 Å². The number of benzene rings is 1. The highest BCUT2D eigenvalue weighted by Crippen LogP contribution is 2.26. The van der Waals surface area contributed by atoms with Gasteiger partial charge in [0.1, 0.15) is 0 Å². The lowest BCUT2D eigenvalue weighted by Crippen LogP contribution is -2.14. The number of hydrogen-bond acceptors (Lipinski definition) is 4. The molecule has 0 bridgehead atoms. The van der Waals surface area contributed by atoms with E-state index in [-0.39, 0.29) is 5.97 Å². The minimum absolute atomic E-state index is 0.359. The average molecular weight is 312 g/mol. The molecule has 0 saturated carbocycles. The summed E-state index contributed by atoms with van der Waals surface area (Å²) in [6.45, 7) is 4.85. The van der Waals surface area contributed by atoms with E-state index in [1.54, 1.807) is 9.36 Å². The van der Waals surface area contributed by atoms with Gasteiger partial charge in [0.2, 0.25) is 0 Å². The minimum Gasteiger partial charge on any atom is -0.464 e. The zero-order valence-corrected chi connectivity index (χ0v) is 13.8. The van der Waals surface area contributed by atoms with Crippen molar-refractivity contribution in [3.8, 4) is 11.1 Å². The van der Waals surface area contributed by atoms with Gasteiger partial charge in [-0.05, 0) is 23.6 Å². The molecule has 0 spiro atoms. The molecule has 120 valence electrons. The summed E-state index contributed by atoms with van der Waals surface area (Å²) in [5, 5.41) is 9.61. The Bertz CT molecular complexity index is 861. The molecule has 6 nitrogen and oxygen atoms in total. The van der Waals surface area contributed by atoms with E-state index in [9.17, 15) is 4.79 Å². The van der Waals surface area contributed by atoms with Gasteiger partial charge in [-0.15, -0.1) is 0 Å². The summed E-state index contributed by atoms with van der Waals surface area (Å²) in [6.07, 6.45) is 3.76. The van der Waals surface area contributed by atoms with Gasteiger partial charge < -0.3 is 4.74 Å². The first-order chi connectivity index (χ1) is 11.0. The zero-order chi connectivity index (χ0) is 16.6. The molecule has 1 aromatic carbocycles. The second kappa shape index (κ2) is 5.87. The Labute approximate surface area is 134 Å². The number of aryl methyl sites for hydroxylation is 1. The van der Waals surface area contributed by atoms with Gasteiger partial charge in [0, 0.05) is 30.7 Å². The van der Waals surface area contributed by atoms with Crippen molar-refractivity contribution in [3.05, 3.63) is 36.3 Å². The maximum absolute atomic E-state index is 12.2. The number of ether oxygens (including phenoxy) is 1. The standard InChI is InChI=1S/C17H20N4O2/c1-11(2)9-21-16(17(22)23-4)14-6-5-12(7-15(14)19-21)13-8-18-20(3)10-13/h5-8,10-11H,9H2,1-4H3. The summed E-state index contributed by atoms with van der Waals surface area (Å²) in [4.78, 5) is 12.2. The van der Waals surface area contributed by atoms with E-state index in [0.717, 1.165) is 22.0 Å². The summed E-state index contributed by atoms with van der Waals surface area (Å²) >= 11 is 0. The van der Waals surface area contributed by atoms with E-state index in [2.05, 4.69) is 24.0 Å². The van der Waals surface area contributed by atoms with Crippen molar-refractivity contribution < 1.29 is 9.53 Å². The first-order valence-electron chi connectivity index (χ1n) is 7.57. The molecule has 3 aromatic rings. The fraction of sp³-hybridized carbons (Fsp3) is 0.353. The molecule has 0 fully saturated rings. The van der Waals surface area contributed by atoms with Gasteiger partial charge in [0.15, 0.2) is 5.69 Å². The highest BCUT2D eigenvalue weighted by atomic mass is 16.5. The Morgan fingerprint density at radius 3 is 2.70 bits per heavy atom. The maximum Gasteiger partial charge on any atom is 0.356 e. The molecule has 0 amide bonds. The van der Waals surface area contributed by atoms with Gasteiger partial charge in [-0.1, -0.05) is 19.9 Å². The van der Waals surface area contributed by atoms with E-state index in [4.69, 9.17) is 4.74 Å². The summed E-state index contributed by atoms with van der Waals surface area (Å²) in [5.41, 5.74) is 3.34. The number of nitrogens with zero attached hydrogens (tertiary/aromatic N) is 4. The molecule has 0 atom stereocenters. The van der Waals surface area contributed by atoms with Crippen LogP contribution in [0.25, 0.3) is 22.0 Å². The van der Waals surface area contributed by atoms with Crippen LogP contribution >= 0.6 is 0 Å². The Hall–Kier alpha value is -2.63. The third kappa shape index (κ3) is 2.84. The number of methoxy groups -OCH3 is 1. The van der Waals surface area contributed by atoms with Crippen LogP contribution in [0.1, 0.15) is 24.3 Å². The predicted molar refractivity (Wildman–Crippen MR) is 88.1 cm³/mol. The van der Waals surface area contributed by atoms with E-state index in [1.165, 1.54) is 7.11 Å². The maximum atomic E-state index is 12.2. The molecule has 2 heterocycles. The second-order valence-electron chi connectivity index (χ2n) is 6.05. The van der Waals surface area contributed by atoms with Crippen LogP contribution in [0, 0.1) is 5.92 Å². The summed E-state index contributed by atoms with van der Waals surface area (Å²) < 4.78 is 8.43. The highest BCUT2D eigenvalue weighted by Gasteiger charge is 2.20. The van der Waals surface area contributed by atoms with Crippen molar-refractivity contribution in [2.24, 2.45) is 13.0 Å². The number of carbonyl (C=O) groups excluding carboxylic acids is 1. The molecule has 0 aliphatic heterocycles. The normalized spacial score (nSPS) is 11.3. The average Bonchev–Trinajstić information content (AvgIpc) is 3.08. The monoisotopic (exact) mass is 312 g/mol. The number of esters is 1. The molecule has 23 heavy (non-hydrogen) atoms. The number of carbonyl (C=O) groups is 1. The van der Waals surface area contributed by atoms with Gasteiger partial charge in [0.25, 0.3) is 0 Å². The summed E-state index contributed by atoms with van der Waals surface area (Å²) in [7, 11) is 3.28. The van der Waals surface area contributed by atoms with E-state index in [0.29, 0.717) is 18.2 Å². The van der Waals surface area contributed by atoms with Gasteiger partial charge >= 0.3 is 5.97 Å². The van der Waals surface area contributed by atoms with E-state index in [1.807, 2.05) is 37.6 Å². The third-order valence-corrected chi connectivity index (χ3v) is 3.69. The van der Waals surface area contributed by atoms with E-state index < -0.39 is 0 Å². The van der Waals surface area contributed by atoms with Crippen LogP contribution in [-0.2, 0) is 18.3 Å².